The van der Waals surface area contributed by atoms with E-state index in [9.17, 15) is 19.8 Å². The number of hydrogen-bond donors (Lipinski definition) is 4. The zero-order valence-corrected chi connectivity index (χ0v) is 10.6. The van der Waals surface area contributed by atoms with Crippen molar-refractivity contribution in [2.75, 3.05) is 6.61 Å². The zero-order valence-electron chi connectivity index (χ0n) is 10.6. The Morgan fingerprint density at radius 1 is 1.60 bits per heavy atom. The third-order valence-electron chi connectivity index (χ3n) is 3.29. The lowest BCUT2D eigenvalue weighted by Crippen LogP contribution is -2.48. The van der Waals surface area contributed by atoms with Crippen LogP contribution in [0.25, 0.3) is 0 Å². The van der Waals surface area contributed by atoms with Gasteiger partial charge in [-0.1, -0.05) is 5.92 Å². The Bertz CT molecular complexity index is 672. The van der Waals surface area contributed by atoms with Gasteiger partial charge >= 0.3 is 5.69 Å². The second-order valence-corrected chi connectivity index (χ2v) is 4.60. The van der Waals surface area contributed by atoms with Crippen LogP contribution in [0.1, 0.15) is 11.8 Å². The van der Waals surface area contributed by atoms with Crippen LogP contribution in [-0.2, 0) is 4.74 Å². The van der Waals surface area contributed by atoms with Crippen LogP contribution in [0.2, 0.25) is 0 Å². The number of nitrogens with one attached hydrogen (secondary N) is 1. The largest absolute Gasteiger partial charge is 0.394 e. The monoisotopic (exact) mass is 282 g/mol. The standard InChI is InChI=1S/C12H14N2O6/c1-3-12(19)8(16)7(5-15)20-10(12)14-4-6(2)9(17)13-11(14)18/h1,4,7-8,10,15-16,19H,5H2,2H3,(H,13,17,18)/t7-,8+,10-,12?/m1/s1. The number of aliphatic hydroxyl groups excluding tert-OH is 2. The molecule has 8 heteroatoms. The van der Waals surface area contributed by atoms with Crippen LogP contribution in [0.4, 0.5) is 0 Å². The van der Waals surface area contributed by atoms with Gasteiger partial charge in [0.1, 0.15) is 12.2 Å². The highest BCUT2D eigenvalue weighted by atomic mass is 16.6. The molecule has 1 aromatic heterocycles. The third kappa shape index (κ3) is 1.97. The van der Waals surface area contributed by atoms with E-state index >= 15 is 0 Å². The Kier molecular flexibility index (Phi) is 3.54. The van der Waals surface area contributed by atoms with Gasteiger partial charge in [-0.05, 0) is 6.92 Å². The number of aromatic nitrogens is 2. The molecule has 2 rings (SSSR count). The van der Waals surface area contributed by atoms with Crippen LogP contribution < -0.4 is 11.2 Å². The van der Waals surface area contributed by atoms with Crippen molar-refractivity contribution in [1.82, 2.24) is 9.55 Å². The predicted molar refractivity (Wildman–Crippen MR) is 66.8 cm³/mol. The van der Waals surface area contributed by atoms with Gasteiger partial charge in [0.25, 0.3) is 5.56 Å². The number of H-pyrrole nitrogens is 1. The number of aromatic amines is 1. The van der Waals surface area contributed by atoms with Crippen molar-refractivity contribution in [3.05, 3.63) is 32.6 Å². The molecule has 4 N–H and O–H groups in total. The number of terminal acetylenes is 1. The summed E-state index contributed by atoms with van der Waals surface area (Å²) in [5.41, 5.74) is -3.41. The molecule has 0 spiro atoms. The van der Waals surface area contributed by atoms with Gasteiger partial charge in [0.05, 0.1) is 6.61 Å². The summed E-state index contributed by atoms with van der Waals surface area (Å²) >= 11 is 0. The molecule has 0 amide bonds. The summed E-state index contributed by atoms with van der Waals surface area (Å²) < 4.78 is 6.12. The Balaban J connectivity index is 2.58. The lowest BCUT2D eigenvalue weighted by Gasteiger charge is -2.26. The quantitative estimate of drug-likeness (QED) is 0.443. The van der Waals surface area contributed by atoms with E-state index in [1.54, 1.807) is 0 Å². The second kappa shape index (κ2) is 4.88. The maximum Gasteiger partial charge on any atom is 0.330 e. The molecule has 0 saturated carbocycles. The van der Waals surface area contributed by atoms with E-state index < -0.39 is 41.9 Å². The van der Waals surface area contributed by atoms with Crippen molar-refractivity contribution in [1.29, 1.82) is 0 Å². The first kappa shape index (κ1) is 14.5. The van der Waals surface area contributed by atoms with Gasteiger partial charge in [-0.15, -0.1) is 6.42 Å². The van der Waals surface area contributed by atoms with E-state index in [-0.39, 0.29) is 5.56 Å². The van der Waals surface area contributed by atoms with Gasteiger partial charge in [-0.25, -0.2) is 4.79 Å². The van der Waals surface area contributed by atoms with Crippen molar-refractivity contribution in [3.63, 3.8) is 0 Å². The first-order valence-corrected chi connectivity index (χ1v) is 5.81. The molecule has 1 aromatic rings. The van der Waals surface area contributed by atoms with E-state index in [4.69, 9.17) is 16.3 Å². The molecular formula is C12H14N2O6. The maximum atomic E-state index is 11.8. The first-order valence-electron chi connectivity index (χ1n) is 5.81. The minimum atomic E-state index is -2.19. The van der Waals surface area contributed by atoms with E-state index in [1.165, 1.54) is 13.1 Å². The van der Waals surface area contributed by atoms with Crippen molar-refractivity contribution in [2.45, 2.75) is 31.0 Å². The SMILES string of the molecule is C#CC1(O)[C@@H](O)[C@@H](CO)O[C@H]1n1cc(C)c(=O)[nH]c1=O. The number of aryl methyl sites for hydroxylation is 1. The fraction of sp³-hybridized carbons (Fsp3) is 0.500. The highest BCUT2D eigenvalue weighted by Crippen LogP contribution is 2.37. The molecule has 2 heterocycles. The van der Waals surface area contributed by atoms with Gasteiger partial charge < -0.3 is 20.1 Å². The molecule has 0 bridgehead atoms. The number of nitrogens with zero attached hydrogens (tertiary/aromatic N) is 1. The van der Waals surface area contributed by atoms with Crippen LogP contribution in [0.5, 0.6) is 0 Å². The Labute approximate surface area is 113 Å². The van der Waals surface area contributed by atoms with Crippen LogP contribution in [0.15, 0.2) is 15.8 Å². The van der Waals surface area contributed by atoms with Gasteiger partial charge in [-0.3, -0.25) is 14.3 Å². The summed E-state index contributed by atoms with van der Waals surface area (Å²) in [4.78, 5) is 25.2. The Morgan fingerprint density at radius 2 is 2.25 bits per heavy atom. The molecule has 0 radical (unpaired) electrons. The molecule has 8 nitrogen and oxygen atoms in total. The molecule has 1 aliphatic heterocycles. The lowest BCUT2D eigenvalue weighted by molar-refractivity contribution is -0.0765. The minimum Gasteiger partial charge on any atom is -0.394 e. The average molecular weight is 282 g/mol. The zero-order chi connectivity index (χ0) is 15.1. The molecule has 0 aliphatic carbocycles. The second-order valence-electron chi connectivity index (χ2n) is 4.60. The van der Waals surface area contributed by atoms with E-state index in [1.807, 2.05) is 10.9 Å². The van der Waals surface area contributed by atoms with Crippen molar-refractivity contribution < 1.29 is 20.1 Å². The predicted octanol–water partition coefficient (Wildman–Crippen LogP) is -2.54. The number of hydrogen-bond acceptors (Lipinski definition) is 6. The summed E-state index contributed by atoms with van der Waals surface area (Å²) in [5.74, 6) is 1.98. The van der Waals surface area contributed by atoms with Gasteiger partial charge in [0.2, 0.25) is 0 Å². The fourth-order valence-electron chi connectivity index (χ4n) is 2.11. The molecule has 0 aromatic carbocycles. The lowest BCUT2D eigenvalue weighted by atomic mass is 9.95. The van der Waals surface area contributed by atoms with Gasteiger partial charge in [0.15, 0.2) is 11.8 Å². The van der Waals surface area contributed by atoms with E-state index in [0.717, 1.165) is 4.57 Å². The molecule has 4 atom stereocenters. The van der Waals surface area contributed by atoms with Gasteiger partial charge in [-0.2, -0.15) is 0 Å². The molecule has 1 unspecified atom stereocenters. The topological polar surface area (TPSA) is 125 Å². The molecular weight excluding hydrogens is 268 g/mol. The molecule has 1 aliphatic rings. The summed E-state index contributed by atoms with van der Waals surface area (Å²) in [6, 6.07) is 0. The normalized spacial score (nSPS) is 33.0. The van der Waals surface area contributed by atoms with Crippen molar-refractivity contribution >= 4 is 0 Å². The van der Waals surface area contributed by atoms with E-state index in [0.29, 0.717) is 0 Å². The summed E-state index contributed by atoms with van der Waals surface area (Å²) in [7, 11) is 0. The minimum absolute atomic E-state index is 0.203. The maximum absolute atomic E-state index is 11.8. The number of ether oxygens (including phenoxy) is 1. The summed E-state index contributed by atoms with van der Waals surface area (Å²) in [6.07, 6.45) is 2.26. The Hall–Kier alpha value is -1.92. The van der Waals surface area contributed by atoms with Crippen LogP contribution >= 0.6 is 0 Å². The first-order chi connectivity index (χ1) is 9.35. The van der Waals surface area contributed by atoms with Crippen molar-refractivity contribution in [2.24, 2.45) is 0 Å². The molecule has 1 saturated heterocycles. The van der Waals surface area contributed by atoms with E-state index in [2.05, 4.69) is 0 Å². The smallest absolute Gasteiger partial charge is 0.330 e. The highest BCUT2D eigenvalue weighted by Gasteiger charge is 2.55. The van der Waals surface area contributed by atoms with Gasteiger partial charge in [0, 0.05) is 11.8 Å². The average Bonchev–Trinajstić information content (AvgIpc) is 2.67. The number of rotatable bonds is 2. The summed E-state index contributed by atoms with van der Waals surface area (Å²) in [6.45, 7) is 0.872. The fourth-order valence-corrected chi connectivity index (χ4v) is 2.11. The highest BCUT2D eigenvalue weighted by molar-refractivity contribution is 5.19. The van der Waals surface area contributed by atoms with Crippen molar-refractivity contribution in [3.8, 4) is 12.3 Å². The number of aliphatic hydroxyl groups is 3. The van der Waals surface area contributed by atoms with Crippen LogP contribution in [0, 0.1) is 19.3 Å². The molecule has 1 fully saturated rings. The molecule has 108 valence electrons. The molecule has 20 heavy (non-hydrogen) atoms. The van der Waals surface area contributed by atoms with Crippen LogP contribution in [-0.4, -0.2) is 49.3 Å². The third-order valence-corrected chi connectivity index (χ3v) is 3.29. The summed E-state index contributed by atoms with van der Waals surface area (Å²) in [5, 5.41) is 29.3. The van der Waals surface area contributed by atoms with Crippen LogP contribution in [0.3, 0.4) is 0 Å². The Morgan fingerprint density at radius 3 is 2.80 bits per heavy atom.